The fraction of sp³-hybridized carbons (Fsp3) is 0.0714. The number of aromatic nitrogens is 8. The number of para-hydroxylation sites is 1. The molecule has 14 aromatic rings. The first kappa shape index (κ1) is 78.7. The van der Waals surface area contributed by atoms with Crippen molar-refractivity contribution < 1.29 is 87.4 Å². The van der Waals surface area contributed by atoms with Crippen molar-refractivity contribution in [2.24, 2.45) is 14.1 Å². The van der Waals surface area contributed by atoms with E-state index in [-0.39, 0.29) is 161 Å². The molecule has 0 bridgehead atoms. The topological polar surface area (TPSA) is 494 Å². The minimum Gasteiger partial charge on any atom is -0.478 e. The lowest BCUT2D eigenvalue weighted by Crippen LogP contribution is -2.29. The highest BCUT2D eigenvalue weighted by Crippen LogP contribution is 2.47. The molecule has 36 heteroatoms. The van der Waals surface area contributed by atoms with Crippen LogP contribution in [0.3, 0.4) is 0 Å². The minimum atomic E-state index is -5.15. The largest absolute Gasteiger partial charge is 0.478 e. The number of ketones is 4. The van der Waals surface area contributed by atoms with E-state index in [1.54, 1.807) is 103 Å². The van der Waals surface area contributed by atoms with Crippen LogP contribution in [0.15, 0.2) is 237 Å². The number of pyridine rings is 2. The normalized spacial score (nSPS) is 12.2. The van der Waals surface area contributed by atoms with Crippen LogP contribution in [0.1, 0.15) is 107 Å². The molecule has 0 fully saturated rings. The average Bonchev–Trinajstić information content (AvgIpc) is 0.710. The van der Waals surface area contributed by atoms with Crippen molar-refractivity contribution in [3.05, 3.63) is 311 Å². The number of hydrogen-bond acceptors (Lipinski definition) is 26. The van der Waals surface area contributed by atoms with Gasteiger partial charge in [0.25, 0.3) is 41.5 Å². The summed E-state index contributed by atoms with van der Waals surface area (Å²) >= 11 is 0. The van der Waals surface area contributed by atoms with E-state index in [1.165, 1.54) is 85.4 Å². The second-order valence-corrected chi connectivity index (χ2v) is 31.6. The monoisotopic (exact) mass is 1670 g/mol. The number of ether oxygens (including phenoxy) is 2. The molecular weight excluding hydrogens is 1610 g/mol. The molecule has 16 rings (SSSR count). The maximum atomic E-state index is 15.0. The molecule has 33 nitrogen and oxygen atoms in total. The zero-order chi connectivity index (χ0) is 84.5. The Hall–Kier alpha value is -15.2. The fourth-order valence-electron chi connectivity index (χ4n) is 14.5. The Labute approximate surface area is 677 Å². The number of carbonyl (C=O) groups excluding carboxylic acids is 4. The molecule has 0 spiro atoms. The summed E-state index contributed by atoms with van der Waals surface area (Å²) in [6.45, 7) is -0.248. The molecule has 0 radical (unpaired) electrons. The van der Waals surface area contributed by atoms with Crippen molar-refractivity contribution in [1.82, 2.24) is 39.0 Å². The molecule has 0 saturated heterocycles. The van der Waals surface area contributed by atoms with E-state index in [9.17, 15) is 87.5 Å². The van der Waals surface area contributed by atoms with Gasteiger partial charge < -0.3 is 50.1 Å². The van der Waals surface area contributed by atoms with Crippen LogP contribution in [0.25, 0.3) is 44.1 Å². The molecule has 0 aliphatic heterocycles. The molecule has 2 aliphatic rings. The Morgan fingerprint density at radius 2 is 0.883 bits per heavy atom. The number of carboxylic acids is 2. The van der Waals surface area contributed by atoms with E-state index in [0.29, 0.717) is 16.5 Å². The van der Waals surface area contributed by atoms with E-state index in [1.807, 2.05) is 0 Å². The van der Waals surface area contributed by atoms with Gasteiger partial charge >= 0.3 is 24.0 Å². The first-order valence-corrected chi connectivity index (χ1v) is 40.3. The highest BCUT2D eigenvalue weighted by Gasteiger charge is 2.38. The van der Waals surface area contributed by atoms with Gasteiger partial charge in [-0.25, -0.2) is 9.59 Å². The smallest absolute Gasteiger partial charge is 0.335 e. The predicted molar refractivity (Wildman–Crippen MR) is 434 cm³/mol. The van der Waals surface area contributed by atoms with Gasteiger partial charge in [0.2, 0.25) is 11.9 Å². The molecule has 0 atom stereocenters. The van der Waals surface area contributed by atoms with Crippen LogP contribution in [0.2, 0.25) is 0 Å². The van der Waals surface area contributed by atoms with Gasteiger partial charge in [-0.1, -0.05) is 115 Å². The van der Waals surface area contributed by atoms with Gasteiger partial charge in [0.1, 0.15) is 28.0 Å². The van der Waals surface area contributed by atoms with E-state index >= 15 is 0 Å². The number of carboxylic acid groups (broad SMARTS) is 2. The number of anilines is 6. The molecular formula is C84H58N12O21S3. The van der Waals surface area contributed by atoms with E-state index in [0.717, 1.165) is 47.0 Å². The summed E-state index contributed by atoms with van der Waals surface area (Å²) in [7, 11) is -12.2. The summed E-state index contributed by atoms with van der Waals surface area (Å²) in [5, 5.41) is 32.6. The van der Waals surface area contributed by atoms with E-state index in [4.69, 9.17) is 9.47 Å². The summed E-state index contributed by atoms with van der Waals surface area (Å²) in [5.41, 5.74) is -1.78. The Kier molecular flexibility index (Phi) is 20.2. The van der Waals surface area contributed by atoms with E-state index < -0.39 is 120 Å². The van der Waals surface area contributed by atoms with Crippen LogP contribution in [-0.2, 0) is 57.3 Å². The Bertz CT molecular complexity index is 7300. The lowest BCUT2D eigenvalue weighted by atomic mass is 9.80. The standard InChI is InChI=1S/C84H58N12O21S3/c1-95-59-28-26-56(67-69(59)65(52-20-9-11-22-54(52)75(67)99)71(77(95)101)73(97)43-14-5-3-6-15-43)87-48-25-31-61(119(110,111)112)45(37-48)41-64-90-82(93-83(92-64)116-49-17-7-4-8-18-49)86-33-32-85-81-89-63(91-84(94-81)117-50-38-46(79(103)104)36-47(39-50)80(105)106)35-42-24-30-62(120(113,114)115)58(34-42)88-57-27-29-60-70-66(53-21-10-12-23-55(53)76(100)68(57)70)72(78(102)96(60)2)74(98)44-16-13-19-51(40-44)118(107,108)109/h3-31,34,36-40,87-88H,32-33,35,41H2,1-2H3,(H,103,104)(H,105,106)(H,107,108,109)(H,110,111,112)(H,113,114,115)(H,85,89,91,94)(H,86,90,92,93). The number of nitrogens with one attached hydrogen (secondary N) is 4. The number of aromatic carboxylic acids is 2. The second kappa shape index (κ2) is 30.8. The molecule has 10 aromatic carbocycles. The van der Waals surface area contributed by atoms with Crippen molar-refractivity contribution in [1.29, 1.82) is 0 Å². The first-order chi connectivity index (χ1) is 57.3. The molecule has 0 amide bonds. The average molecular weight is 1670 g/mol. The summed E-state index contributed by atoms with van der Waals surface area (Å²) in [6.07, 6.45) is -0.792. The third-order valence-electron chi connectivity index (χ3n) is 19.8. The minimum absolute atomic E-state index is 0.00438. The van der Waals surface area contributed by atoms with Crippen LogP contribution in [0.4, 0.5) is 34.6 Å². The van der Waals surface area contributed by atoms with Crippen molar-refractivity contribution >= 4 is 122 Å². The van der Waals surface area contributed by atoms with Gasteiger partial charge in [-0.15, -0.1) is 0 Å². The van der Waals surface area contributed by atoms with Gasteiger partial charge in [-0.3, -0.25) is 42.4 Å². The van der Waals surface area contributed by atoms with Gasteiger partial charge in [-0.2, -0.15) is 55.2 Å². The van der Waals surface area contributed by atoms with Gasteiger partial charge in [0.15, 0.2) is 23.1 Å². The van der Waals surface area contributed by atoms with Gasteiger partial charge in [0, 0.05) is 89.9 Å². The maximum Gasteiger partial charge on any atom is 0.335 e. The lowest BCUT2D eigenvalue weighted by Gasteiger charge is -2.26. The molecule has 598 valence electrons. The number of hydrogen-bond donors (Lipinski definition) is 9. The van der Waals surface area contributed by atoms with Crippen LogP contribution >= 0.6 is 0 Å². The quantitative estimate of drug-likeness (QED) is 0.0138. The summed E-state index contributed by atoms with van der Waals surface area (Å²) < 4.78 is 124. The second-order valence-electron chi connectivity index (χ2n) is 27.4. The van der Waals surface area contributed by atoms with Crippen molar-refractivity contribution in [2.75, 3.05) is 34.4 Å². The molecule has 2 aliphatic carbocycles. The maximum absolute atomic E-state index is 15.0. The van der Waals surface area contributed by atoms with Crippen molar-refractivity contribution in [3.63, 3.8) is 0 Å². The predicted octanol–water partition coefficient (Wildman–Crippen LogP) is 11.6. The summed E-state index contributed by atoms with van der Waals surface area (Å²) in [4.78, 5) is 138. The van der Waals surface area contributed by atoms with Crippen LogP contribution < -0.4 is 41.9 Å². The summed E-state index contributed by atoms with van der Waals surface area (Å²) in [6, 6.07) is 49.0. The highest BCUT2D eigenvalue weighted by molar-refractivity contribution is 7.86. The number of aryl methyl sites for hydroxylation is 2. The Morgan fingerprint density at radius 3 is 1.41 bits per heavy atom. The summed E-state index contributed by atoms with van der Waals surface area (Å²) in [5.74, 6) is -6.45. The van der Waals surface area contributed by atoms with Crippen LogP contribution in [0.5, 0.6) is 23.5 Å². The number of nitrogens with zero attached hydrogens (tertiary/aromatic N) is 8. The van der Waals surface area contributed by atoms with Crippen molar-refractivity contribution in [2.45, 2.75) is 27.5 Å². The molecule has 4 aromatic heterocycles. The number of fused-ring (bicyclic) bond motifs is 4. The zero-order valence-corrected chi connectivity index (χ0v) is 64.6. The SMILES string of the molecule is Cn1c(=O)c(C(=O)c2ccccc2)c2c3c(c(Nc4ccc(S(=O)(=O)O)c(Cc5nc(NCCNc6nc(Cc7ccc(S(=O)(=O)O)c(Nc8ccc9c%10c8C(=O)c8ccccc8-c%10c(C(=O)c8cccc(S(=O)(=O)O)c8)c(=O)n9C)c7)nc(Oc7cc(C(=O)O)cc(C(=O)O)c7)n6)nc(Oc6ccccc6)n5)c4)ccc31)C(=O)c1ccccc1-2. The number of rotatable bonds is 26. The highest BCUT2D eigenvalue weighted by atomic mass is 32.2. The molecule has 9 N–H and O–H groups in total. The molecule has 4 heterocycles. The van der Waals surface area contributed by atoms with Crippen LogP contribution in [0, 0.1) is 0 Å². The van der Waals surface area contributed by atoms with Gasteiger partial charge in [0.05, 0.1) is 71.3 Å². The molecule has 0 unspecified atom stereocenters. The Balaban J connectivity index is 0.719. The fourth-order valence-corrected chi connectivity index (χ4v) is 16.4. The number of benzene rings is 10. The van der Waals surface area contributed by atoms with E-state index in [2.05, 4.69) is 51.2 Å². The molecule has 0 saturated carbocycles. The molecule has 120 heavy (non-hydrogen) atoms. The first-order valence-electron chi connectivity index (χ1n) is 36.0. The van der Waals surface area contributed by atoms with Crippen molar-refractivity contribution in [3.8, 4) is 45.8 Å². The Morgan fingerprint density at radius 1 is 0.408 bits per heavy atom. The van der Waals surface area contributed by atoms with Gasteiger partial charge in [-0.05, 0) is 119 Å². The number of carbonyl (C=O) groups is 6. The zero-order valence-electron chi connectivity index (χ0n) is 62.1. The third kappa shape index (κ3) is 15.1. The lowest BCUT2D eigenvalue weighted by molar-refractivity contribution is 0.0694. The third-order valence-corrected chi connectivity index (χ3v) is 22.6. The van der Waals surface area contributed by atoms with Crippen LogP contribution in [-0.4, -0.2) is 136 Å².